The van der Waals surface area contributed by atoms with Crippen LogP contribution in [0, 0.1) is 0 Å². The fourth-order valence-corrected chi connectivity index (χ4v) is 3.75. The largest absolute Gasteiger partial charge is 0.354 e. The molecule has 4 nitrogen and oxygen atoms in total. The normalized spacial score (nSPS) is 14.8. The van der Waals surface area contributed by atoms with Gasteiger partial charge in [-0.2, -0.15) is 0 Å². The van der Waals surface area contributed by atoms with Crippen LogP contribution >= 0.6 is 11.3 Å². The van der Waals surface area contributed by atoms with E-state index in [4.69, 9.17) is 0 Å². The number of hydrogen-bond donors (Lipinski definition) is 1. The van der Waals surface area contributed by atoms with Crippen LogP contribution in [0.4, 0.5) is 0 Å². The summed E-state index contributed by atoms with van der Waals surface area (Å²) in [6.45, 7) is 0.753. The molecule has 0 aliphatic heterocycles. The summed E-state index contributed by atoms with van der Waals surface area (Å²) in [6.07, 6.45) is 8.09. The minimum Gasteiger partial charge on any atom is -0.354 e. The monoisotopic (exact) mass is 316 g/mol. The number of nitrogens with zero attached hydrogens (tertiary/aromatic N) is 1. The predicted octanol–water partition coefficient (Wildman–Crippen LogP) is 3.07. The molecule has 116 valence electrons. The van der Waals surface area contributed by atoms with E-state index in [0.29, 0.717) is 6.54 Å². The van der Waals surface area contributed by atoms with Crippen molar-refractivity contribution in [1.82, 2.24) is 9.88 Å². The van der Waals surface area contributed by atoms with E-state index in [-0.39, 0.29) is 17.3 Å². The van der Waals surface area contributed by atoms with Crippen LogP contribution < -0.4 is 10.2 Å². The van der Waals surface area contributed by atoms with Crippen molar-refractivity contribution in [2.75, 3.05) is 6.54 Å². The molecule has 1 aliphatic carbocycles. The van der Waals surface area contributed by atoms with E-state index in [2.05, 4.69) is 11.4 Å². The van der Waals surface area contributed by atoms with Crippen molar-refractivity contribution >= 4 is 27.5 Å². The second-order valence-corrected chi connectivity index (χ2v) is 6.62. The number of carbonyl (C=O) groups is 1. The van der Waals surface area contributed by atoms with E-state index < -0.39 is 0 Å². The summed E-state index contributed by atoms with van der Waals surface area (Å²) in [4.78, 5) is 24.0. The van der Waals surface area contributed by atoms with Gasteiger partial charge < -0.3 is 5.32 Å². The molecule has 5 heteroatoms. The second kappa shape index (κ2) is 6.92. The van der Waals surface area contributed by atoms with E-state index in [1.54, 1.807) is 4.57 Å². The van der Waals surface area contributed by atoms with Crippen molar-refractivity contribution in [1.29, 1.82) is 0 Å². The van der Waals surface area contributed by atoms with Gasteiger partial charge in [0.1, 0.15) is 6.54 Å². The molecule has 1 amide bonds. The average Bonchev–Trinajstić information content (AvgIpc) is 2.84. The summed E-state index contributed by atoms with van der Waals surface area (Å²) < 4.78 is 2.47. The van der Waals surface area contributed by atoms with E-state index in [1.807, 2.05) is 24.3 Å². The van der Waals surface area contributed by atoms with Crippen LogP contribution in [-0.4, -0.2) is 17.0 Å². The first-order valence-electron chi connectivity index (χ1n) is 7.77. The number of allylic oxidation sites excluding steroid dienone is 1. The summed E-state index contributed by atoms with van der Waals surface area (Å²) in [5, 5.41) is 2.93. The Morgan fingerprint density at radius 3 is 2.95 bits per heavy atom. The molecule has 1 aliphatic rings. The lowest BCUT2D eigenvalue weighted by Crippen LogP contribution is -2.31. The number of carbonyl (C=O) groups excluding carboxylic acids is 1. The van der Waals surface area contributed by atoms with Gasteiger partial charge in [0.25, 0.3) is 0 Å². The quantitative estimate of drug-likeness (QED) is 0.862. The van der Waals surface area contributed by atoms with Gasteiger partial charge in [-0.15, -0.1) is 0 Å². The number of amides is 1. The minimum absolute atomic E-state index is 0.0775. The SMILES string of the molecule is O=C(Cn1c(=O)sc2ccccc21)NCCC1=CCCCC1. The molecule has 0 bridgehead atoms. The molecule has 1 aromatic heterocycles. The Balaban J connectivity index is 1.58. The highest BCUT2D eigenvalue weighted by atomic mass is 32.1. The molecule has 0 unspecified atom stereocenters. The topological polar surface area (TPSA) is 51.1 Å². The van der Waals surface area contributed by atoms with E-state index in [1.165, 1.54) is 36.2 Å². The van der Waals surface area contributed by atoms with Gasteiger partial charge in [-0.1, -0.05) is 35.1 Å². The molecule has 0 saturated heterocycles. The zero-order valence-electron chi connectivity index (χ0n) is 12.5. The molecule has 2 aromatic rings. The summed E-state index contributed by atoms with van der Waals surface area (Å²) in [5.41, 5.74) is 2.28. The van der Waals surface area contributed by atoms with Gasteiger partial charge in [-0.3, -0.25) is 14.2 Å². The van der Waals surface area contributed by atoms with Crippen LogP contribution in [-0.2, 0) is 11.3 Å². The Bertz CT molecular complexity index is 757. The number of benzene rings is 1. The van der Waals surface area contributed by atoms with Gasteiger partial charge in [0.15, 0.2) is 0 Å². The average molecular weight is 316 g/mol. The molecule has 0 saturated carbocycles. The van der Waals surface area contributed by atoms with Crippen LogP contribution in [0.25, 0.3) is 10.2 Å². The maximum absolute atomic E-state index is 12.1. The first-order valence-corrected chi connectivity index (χ1v) is 8.58. The zero-order chi connectivity index (χ0) is 15.4. The molecule has 0 spiro atoms. The highest BCUT2D eigenvalue weighted by molar-refractivity contribution is 7.16. The van der Waals surface area contributed by atoms with E-state index >= 15 is 0 Å². The minimum atomic E-state index is -0.0953. The third kappa shape index (κ3) is 3.47. The molecule has 3 rings (SSSR count). The lowest BCUT2D eigenvalue weighted by Gasteiger charge is -2.13. The van der Waals surface area contributed by atoms with Crippen molar-refractivity contribution in [3.8, 4) is 0 Å². The van der Waals surface area contributed by atoms with Crippen molar-refractivity contribution < 1.29 is 4.79 Å². The summed E-state index contributed by atoms with van der Waals surface area (Å²) in [7, 11) is 0. The van der Waals surface area contributed by atoms with Crippen LogP contribution in [0.2, 0.25) is 0 Å². The Hall–Kier alpha value is -1.88. The van der Waals surface area contributed by atoms with Crippen LogP contribution in [0.5, 0.6) is 0 Å². The molecule has 1 aromatic carbocycles. The predicted molar refractivity (Wildman–Crippen MR) is 90.3 cm³/mol. The Kier molecular flexibility index (Phi) is 4.73. The lowest BCUT2D eigenvalue weighted by atomic mass is 9.97. The van der Waals surface area contributed by atoms with Crippen molar-refractivity contribution in [3.63, 3.8) is 0 Å². The van der Waals surface area contributed by atoms with Gasteiger partial charge in [0, 0.05) is 6.54 Å². The summed E-state index contributed by atoms with van der Waals surface area (Å²) in [5.74, 6) is -0.0953. The number of para-hydroxylation sites is 1. The second-order valence-electron chi connectivity index (χ2n) is 5.63. The first kappa shape index (κ1) is 15.0. The Morgan fingerprint density at radius 1 is 1.27 bits per heavy atom. The van der Waals surface area contributed by atoms with E-state index in [0.717, 1.165) is 23.1 Å². The molecule has 0 atom stereocenters. The smallest absolute Gasteiger partial charge is 0.308 e. The molecule has 1 N–H and O–H groups in total. The van der Waals surface area contributed by atoms with Gasteiger partial charge >= 0.3 is 4.87 Å². The number of aromatic nitrogens is 1. The maximum atomic E-state index is 12.1. The summed E-state index contributed by atoms with van der Waals surface area (Å²) >= 11 is 1.19. The maximum Gasteiger partial charge on any atom is 0.308 e. The van der Waals surface area contributed by atoms with Gasteiger partial charge in [-0.25, -0.2) is 0 Å². The molecular weight excluding hydrogens is 296 g/mol. The number of thiazole rings is 1. The highest BCUT2D eigenvalue weighted by Gasteiger charge is 2.11. The lowest BCUT2D eigenvalue weighted by molar-refractivity contribution is -0.121. The fourth-order valence-electron chi connectivity index (χ4n) is 2.86. The van der Waals surface area contributed by atoms with Crippen LogP contribution in [0.3, 0.4) is 0 Å². The van der Waals surface area contributed by atoms with Gasteiger partial charge in [0.2, 0.25) is 5.91 Å². The Morgan fingerprint density at radius 2 is 2.14 bits per heavy atom. The zero-order valence-corrected chi connectivity index (χ0v) is 13.3. The number of fused-ring (bicyclic) bond motifs is 1. The highest BCUT2D eigenvalue weighted by Crippen LogP contribution is 2.19. The van der Waals surface area contributed by atoms with E-state index in [9.17, 15) is 9.59 Å². The van der Waals surface area contributed by atoms with Crippen LogP contribution in [0.1, 0.15) is 32.1 Å². The third-order valence-electron chi connectivity index (χ3n) is 4.03. The van der Waals surface area contributed by atoms with Gasteiger partial charge in [-0.05, 0) is 44.2 Å². The fraction of sp³-hybridized carbons (Fsp3) is 0.412. The standard InChI is InChI=1S/C17H20N2O2S/c20-16(18-11-10-13-6-2-1-3-7-13)12-19-14-8-4-5-9-15(14)22-17(19)21/h4-6,8-9H,1-3,7,10-12H2,(H,18,20). The van der Waals surface area contributed by atoms with Crippen molar-refractivity contribution in [2.45, 2.75) is 38.6 Å². The van der Waals surface area contributed by atoms with Crippen molar-refractivity contribution in [2.24, 2.45) is 0 Å². The molecule has 0 radical (unpaired) electrons. The number of nitrogens with one attached hydrogen (secondary N) is 1. The number of rotatable bonds is 5. The van der Waals surface area contributed by atoms with Gasteiger partial charge in [0.05, 0.1) is 10.2 Å². The third-order valence-corrected chi connectivity index (χ3v) is 4.99. The van der Waals surface area contributed by atoms with Crippen molar-refractivity contribution in [3.05, 3.63) is 45.6 Å². The Labute approximate surface area is 133 Å². The van der Waals surface area contributed by atoms with Crippen LogP contribution in [0.15, 0.2) is 40.7 Å². The first-order chi connectivity index (χ1) is 10.7. The molecular formula is C17H20N2O2S. The molecule has 1 heterocycles. The summed E-state index contributed by atoms with van der Waals surface area (Å²) in [6, 6.07) is 7.58. The molecule has 0 fully saturated rings. The number of hydrogen-bond acceptors (Lipinski definition) is 3. The molecule has 22 heavy (non-hydrogen) atoms.